The first-order valence-corrected chi connectivity index (χ1v) is 9.13. The number of ether oxygens (including phenoxy) is 2. The van der Waals surface area contributed by atoms with E-state index in [0.717, 1.165) is 0 Å². The van der Waals surface area contributed by atoms with Gasteiger partial charge in [-0.1, -0.05) is 18.2 Å². The molecular weight excluding hydrogens is 372 g/mol. The van der Waals surface area contributed by atoms with E-state index in [0.29, 0.717) is 33.6 Å². The molecule has 1 spiro atoms. The molecule has 6 N–H and O–H groups in total. The van der Waals surface area contributed by atoms with Gasteiger partial charge in [-0.2, -0.15) is 0 Å². The molecule has 0 amide bonds. The molecule has 3 aromatic rings. The average molecular weight is 390 g/mol. The van der Waals surface area contributed by atoms with E-state index in [9.17, 15) is 15.0 Å². The largest absolute Gasteiger partial charge is 0.508 e. The number of hydrogen-bond acceptors (Lipinski definition) is 7. The van der Waals surface area contributed by atoms with E-state index in [1.54, 1.807) is 18.2 Å². The highest BCUT2D eigenvalue weighted by atomic mass is 16.6. The SMILES string of the molecule is NCC(N)c1cc(O)cc2c1C1(OC(=O)c3ccccc31)c1ccc(O)cc1O2. The van der Waals surface area contributed by atoms with Crippen LogP contribution in [0.2, 0.25) is 0 Å². The van der Waals surface area contributed by atoms with Gasteiger partial charge in [-0.05, 0) is 29.8 Å². The summed E-state index contributed by atoms with van der Waals surface area (Å²) in [4.78, 5) is 12.8. The summed E-state index contributed by atoms with van der Waals surface area (Å²) in [6.07, 6.45) is 0. The molecule has 2 unspecified atom stereocenters. The topological polar surface area (TPSA) is 128 Å². The number of phenols is 2. The molecule has 5 rings (SSSR count). The summed E-state index contributed by atoms with van der Waals surface area (Å²) in [5, 5.41) is 20.2. The number of carbonyl (C=O) groups excluding carboxylic acids is 1. The third kappa shape index (κ3) is 2.28. The zero-order chi connectivity index (χ0) is 20.3. The van der Waals surface area contributed by atoms with Gasteiger partial charge in [0.05, 0.1) is 11.1 Å². The highest BCUT2D eigenvalue weighted by Gasteiger charge is 2.55. The van der Waals surface area contributed by atoms with Crippen molar-refractivity contribution in [1.29, 1.82) is 0 Å². The third-order valence-electron chi connectivity index (χ3n) is 5.46. The molecule has 7 nitrogen and oxygen atoms in total. The molecule has 2 aliphatic rings. The summed E-state index contributed by atoms with van der Waals surface area (Å²) in [6, 6.07) is 14.0. The van der Waals surface area contributed by atoms with Crippen LogP contribution in [-0.2, 0) is 10.3 Å². The summed E-state index contributed by atoms with van der Waals surface area (Å²) < 4.78 is 12.1. The van der Waals surface area contributed by atoms with Crippen LogP contribution in [0.1, 0.15) is 38.7 Å². The Morgan fingerprint density at radius 3 is 2.52 bits per heavy atom. The van der Waals surface area contributed by atoms with Crippen LogP contribution in [0, 0.1) is 0 Å². The Hall–Kier alpha value is -3.55. The van der Waals surface area contributed by atoms with Crippen molar-refractivity contribution in [2.45, 2.75) is 11.6 Å². The molecule has 7 heteroatoms. The summed E-state index contributed by atoms with van der Waals surface area (Å²) >= 11 is 0. The van der Waals surface area contributed by atoms with Gasteiger partial charge in [0.2, 0.25) is 0 Å². The van der Waals surface area contributed by atoms with Gasteiger partial charge in [0.25, 0.3) is 0 Å². The smallest absolute Gasteiger partial charge is 0.340 e. The van der Waals surface area contributed by atoms with Gasteiger partial charge in [-0.3, -0.25) is 0 Å². The minimum Gasteiger partial charge on any atom is -0.508 e. The lowest BCUT2D eigenvalue weighted by atomic mass is 9.74. The highest BCUT2D eigenvalue weighted by molar-refractivity contribution is 5.97. The second-order valence-corrected chi connectivity index (χ2v) is 7.15. The summed E-state index contributed by atoms with van der Waals surface area (Å²) in [5.41, 5.74) is 13.4. The first kappa shape index (κ1) is 17.5. The van der Waals surface area contributed by atoms with Crippen molar-refractivity contribution in [3.8, 4) is 23.0 Å². The highest BCUT2D eigenvalue weighted by Crippen LogP contribution is 2.58. The Labute approximate surface area is 166 Å². The standard InChI is InChI=1S/C22H18N2O5/c23-10-17(24)14-7-12(26)9-19-20(14)22(16-6-5-11(25)8-18(16)28-19)15-4-2-1-3-13(15)21(27)29-22/h1-9,17,25-26H,10,23-24H2. The summed E-state index contributed by atoms with van der Waals surface area (Å²) in [7, 11) is 0. The number of rotatable bonds is 2. The average Bonchev–Trinajstić information content (AvgIpc) is 2.99. The lowest BCUT2D eigenvalue weighted by molar-refractivity contribution is 0.0220. The number of nitrogens with two attached hydrogens (primary N) is 2. The van der Waals surface area contributed by atoms with Gasteiger partial charge < -0.3 is 31.2 Å². The zero-order valence-electron chi connectivity index (χ0n) is 15.3. The number of aromatic hydroxyl groups is 2. The van der Waals surface area contributed by atoms with E-state index in [4.69, 9.17) is 20.9 Å². The maximum atomic E-state index is 12.8. The van der Waals surface area contributed by atoms with E-state index >= 15 is 0 Å². The molecule has 3 aromatic carbocycles. The number of fused-ring (bicyclic) bond motifs is 6. The van der Waals surface area contributed by atoms with Gasteiger partial charge in [-0.25, -0.2) is 4.79 Å². The lowest BCUT2D eigenvalue weighted by Gasteiger charge is -2.38. The quantitative estimate of drug-likeness (QED) is 0.495. The fourth-order valence-electron chi connectivity index (χ4n) is 4.24. The molecule has 0 bridgehead atoms. The van der Waals surface area contributed by atoms with E-state index in [-0.39, 0.29) is 23.8 Å². The van der Waals surface area contributed by atoms with Crippen LogP contribution in [-0.4, -0.2) is 22.7 Å². The lowest BCUT2D eigenvalue weighted by Crippen LogP contribution is -2.36. The fraction of sp³-hybridized carbons (Fsp3) is 0.136. The molecule has 0 aliphatic carbocycles. The zero-order valence-corrected chi connectivity index (χ0v) is 15.3. The summed E-state index contributed by atoms with van der Waals surface area (Å²) in [6.45, 7) is 0.115. The maximum absolute atomic E-state index is 12.8. The van der Waals surface area contributed by atoms with Gasteiger partial charge in [0.15, 0.2) is 5.60 Å². The Morgan fingerprint density at radius 2 is 1.72 bits per heavy atom. The first-order valence-electron chi connectivity index (χ1n) is 9.13. The number of hydrogen-bond donors (Lipinski definition) is 4. The van der Waals surface area contributed by atoms with E-state index in [1.165, 1.54) is 24.3 Å². The monoisotopic (exact) mass is 390 g/mol. The van der Waals surface area contributed by atoms with E-state index < -0.39 is 17.6 Å². The maximum Gasteiger partial charge on any atom is 0.340 e. The van der Waals surface area contributed by atoms with Crippen molar-refractivity contribution in [2.75, 3.05) is 6.54 Å². The molecule has 0 fully saturated rings. The number of benzene rings is 3. The van der Waals surface area contributed by atoms with Gasteiger partial charge >= 0.3 is 5.97 Å². The van der Waals surface area contributed by atoms with Crippen LogP contribution < -0.4 is 16.2 Å². The predicted octanol–water partition coefficient (Wildman–Crippen LogP) is 2.62. The number of phenolic OH excluding ortho intramolecular Hbond substituents is 2. The molecule has 0 aromatic heterocycles. The summed E-state index contributed by atoms with van der Waals surface area (Å²) in [5.74, 6) is 0.0669. The normalized spacial score (nSPS) is 19.7. The minimum atomic E-state index is -1.33. The van der Waals surface area contributed by atoms with Crippen molar-refractivity contribution in [2.24, 2.45) is 11.5 Å². The van der Waals surface area contributed by atoms with Gasteiger partial charge in [0, 0.05) is 35.8 Å². The molecule has 2 heterocycles. The molecule has 0 saturated carbocycles. The van der Waals surface area contributed by atoms with Crippen molar-refractivity contribution in [3.63, 3.8) is 0 Å². The Balaban J connectivity index is 1.93. The van der Waals surface area contributed by atoms with Crippen molar-refractivity contribution in [1.82, 2.24) is 0 Å². The van der Waals surface area contributed by atoms with Crippen molar-refractivity contribution in [3.05, 3.63) is 82.4 Å². The molecule has 29 heavy (non-hydrogen) atoms. The van der Waals surface area contributed by atoms with Crippen LogP contribution in [0.5, 0.6) is 23.0 Å². The second-order valence-electron chi connectivity index (χ2n) is 7.15. The van der Waals surface area contributed by atoms with Gasteiger partial charge in [-0.15, -0.1) is 0 Å². The van der Waals surface area contributed by atoms with Gasteiger partial charge in [0.1, 0.15) is 23.0 Å². The Kier molecular flexibility index (Phi) is 3.61. The van der Waals surface area contributed by atoms with E-state index in [2.05, 4.69) is 0 Å². The second kappa shape index (κ2) is 5.97. The minimum absolute atomic E-state index is 0.000931. The van der Waals surface area contributed by atoms with Crippen molar-refractivity contribution >= 4 is 5.97 Å². The van der Waals surface area contributed by atoms with E-state index in [1.807, 2.05) is 12.1 Å². The molecule has 146 valence electrons. The fourth-order valence-corrected chi connectivity index (χ4v) is 4.24. The van der Waals surface area contributed by atoms with Crippen molar-refractivity contribution < 1.29 is 24.5 Å². The Bertz CT molecular complexity index is 1180. The van der Waals surface area contributed by atoms with Crippen LogP contribution in [0.4, 0.5) is 0 Å². The number of carbonyl (C=O) groups is 1. The third-order valence-corrected chi connectivity index (χ3v) is 5.46. The number of esters is 1. The molecular formula is C22H18N2O5. The van der Waals surface area contributed by atoms with Crippen LogP contribution >= 0.6 is 0 Å². The van der Waals surface area contributed by atoms with Crippen LogP contribution in [0.25, 0.3) is 0 Å². The molecule has 2 atom stereocenters. The molecule has 2 aliphatic heterocycles. The van der Waals surface area contributed by atoms with Crippen LogP contribution in [0.15, 0.2) is 54.6 Å². The predicted molar refractivity (Wildman–Crippen MR) is 104 cm³/mol. The molecule has 0 saturated heterocycles. The van der Waals surface area contributed by atoms with Crippen LogP contribution in [0.3, 0.4) is 0 Å². The molecule has 0 radical (unpaired) electrons. The Morgan fingerprint density at radius 1 is 0.966 bits per heavy atom. The first-order chi connectivity index (χ1) is 14.0.